The predicted molar refractivity (Wildman–Crippen MR) is 83.7 cm³/mol. The molecule has 1 heterocycles. The van der Waals surface area contributed by atoms with Gasteiger partial charge in [0.15, 0.2) is 0 Å². The SMILES string of the molecule is O=C(O)C1CCCCN1S(=O)(=O)Nc1ccc(I)cc1. The number of carbonyl (C=O) groups is 1. The van der Waals surface area contributed by atoms with Gasteiger partial charge in [-0.2, -0.15) is 12.7 Å². The van der Waals surface area contributed by atoms with Crippen LogP contribution in [0.15, 0.2) is 24.3 Å². The van der Waals surface area contributed by atoms with Gasteiger partial charge in [0.2, 0.25) is 0 Å². The Morgan fingerprint density at radius 3 is 2.55 bits per heavy atom. The third kappa shape index (κ3) is 3.61. The summed E-state index contributed by atoms with van der Waals surface area (Å²) in [4.78, 5) is 11.2. The zero-order valence-corrected chi connectivity index (χ0v) is 13.6. The van der Waals surface area contributed by atoms with E-state index in [1.807, 2.05) is 0 Å². The summed E-state index contributed by atoms with van der Waals surface area (Å²) < 4.78 is 29.1. The molecule has 1 aliphatic heterocycles. The highest BCUT2D eigenvalue weighted by Crippen LogP contribution is 2.22. The molecule has 0 aliphatic carbocycles. The molecule has 6 nitrogen and oxygen atoms in total. The zero-order chi connectivity index (χ0) is 14.8. The Morgan fingerprint density at radius 2 is 1.95 bits per heavy atom. The van der Waals surface area contributed by atoms with Gasteiger partial charge in [-0.05, 0) is 66.1 Å². The molecule has 0 bridgehead atoms. The highest BCUT2D eigenvalue weighted by atomic mass is 127. The Bertz CT molecular complexity index is 588. The molecule has 1 aromatic carbocycles. The Balaban J connectivity index is 2.20. The molecular weight excluding hydrogens is 395 g/mol. The van der Waals surface area contributed by atoms with Crippen molar-refractivity contribution < 1.29 is 18.3 Å². The number of hydrogen-bond donors (Lipinski definition) is 2. The predicted octanol–water partition coefficient (Wildman–Crippen LogP) is 1.89. The van der Waals surface area contributed by atoms with Crippen LogP contribution in [0.3, 0.4) is 0 Å². The number of benzene rings is 1. The van der Waals surface area contributed by atoms with Gasteiger partial charge in [0.25, 0.3) is 0 Å². The number of carboxylic acid groups (broad SMARTS) is 1. The van der Waals surface area contributed by atoms with E-state index in [-0.39, 0.29) is 6.54 Å². The highest BCUT2D eigenvalue weighted by Gasteiger charge is 2.36. The molecule has 1 fully saturated rings. The van der Waals surface area contributed by atoms with Gasteiger partial charge in [0.05, 0.1) is 0 Å². The number of anilines is 1. The van der Waals surface area contributed by atoms with E-state index in [2.05, 4.69) is 27.3 Å². The second kappa shape index (κ2) is 6.27. The van der Waals surface area contributed by atoms with Gasteiger partial charge in [-0.3, -0.25) is 9.52 Å². The zero-order valence-electron chi connectivity index (χ0n) is 10.6. The molecule has 8 heteroatoms. The Hall–Kier alpha value is -0.870. The number of aliphatic carboxylic acids is 1. The fourth-order valence-electron chi connectivity index (χ4n) is 2.16. The summed E-state index contributed by atoms with van der Waals surface area (Å²) in [5.74, 6) is -1.10. The molecule has 0 saturated carbocycles. The van der Waals surface area contributed by atoms with E-state index < -0.39 is 22.2 Å². The van der Waals surface area contributed by atoms with E-state index in [0.29, 0.717) is 18.5 Å². The first kappa shape index (κ1) is 15.5. The third-order valence-corrected chi connectivity index (χ3v) is 5.41. The van der Waals surface area contributed by atoms with Crippen molar-refractivity contribution in [2.75, 3.05) is 11.3 Å². The summed E-state index contributed by atoms with van der Waals surface area (Å²) in [5.41, 5.74) is 0.431. The Kier molecular flexibility index (Phi) is 4.86. The fourth-order valence-corrected chi connectivity index (χ4v) is 3.98. The van der Waals surface area contributed by atoms with Crippen LogP contribution in [0.5, 0.6) is 0 Å². The summed E-state index contributed by atoms with van der Waals surface area (Å²) in [5, 5.41) is 9.14. The minimum absolute atomic E-state index is 0.233. The van der Waals surface area contributed by atoms with Crippen LogP contribution in [0.2, 0.25) is 0 Å². The van der Waals surface area contributed by atoms with Crippen LogP contribution < -0.4 is 4.72 Å². The molecule has 0 spiro atoms. The first-order valence-corrected chi connectivity index (χ1v) is 8.70. The number of hydrogen-bond acceptors (Lipinski definition) is 3. The number of carboxylic acids is 1. The second-order valence-electron chi connectivity index (χ2n) is 4.57. The van der Waals surface area contributed by atoms with Crippen molar-refractivity contribution in [2.24, 2.45) is 0 Å². The maximum atomic E-state index is 12.3. The van der Waals surface area contributed by atoms with Crippen LogP contribution in [-0.2, 0) is 15.0 Å². The van der Waals surface area contributed by atoms with Crippen molar-refractivity contribution in [2.45, 2.75) is 25.3 Å². The smallest absolute Gasteiger partial charge is 0.322 e. The van der Waals surface area contributed by atoms with Crippen LogP contribution in [0.1, 0.15) is 19.3 Å². The lowest BCUT2D eigenvalue weighted by molar-refractivity contribution is -0.142. The van der Waals surface area contributed by atoms with E-state index >= 15 is 0 Å². The molecule has 2 N–H and O–H groups in total. The average Bonchev–Trinajstić information content (AvgIpc) is 2.41. The van der Waals surface area contributed by atoms with Gasteiger partial charge in [0.1, 0.15) is 6.04 Å². The quantitative estimate of drug-likeness (QED) is 0.743. The van der Waals surface area contributed by atoms with E-state index in [1.165, 1.54) is 0 Å². The first-order chi connectivity index (χ1) is 9.40. The normalized spacial score (nSPS) is 20.6. The third-order valence-electron chi connectivity index (χ3n) is 3.14. The van der Waals surface area contributed by atoms with Gasteiger partial charge in [-0.15, -0.1) is 0 Å². The largest absolute Gasteiger partial charge is 0.480 e. The van der Waals surface area contributed by atoms with Gasteiger partial charge in [-0.25, -0.2) is 0 Å². The van der Waals surface area contributed by atoms with E-state index in [4.69, 9.17) is 5.11 Å². The molecule has 1 atom stereocenters. The number of piperidine rings is 1. The molecule has 0 radical (unpaired) electrons. The molecule has 2 rings (SSSR count). The van der Waals surface area contributed by atoms with Gasteiger partial charge in [0, 0.05) is 15.8 Å². The van der Waals surface area contributed by atoms with Crippen LogP contribution in [0.4, 0.5) is 5.69 Å². The second-order valence-corrected chi connectivity index (χ2v) is 7.44. The first-order valence-electron chi connectivity index (χ1n) is 6.18. The molecule has 110 valence electrons. The molecule has 0 amide bonds. The summed E-state index contributed by atoms with van der Waals surface area (Å²) in [7, 11) is -3.84. The molecular formula is C12H15IN2O4S. The number of rotatable bonds is 4. The van der Waals surface area contributed by atoms with Crippen molar-refractivity contribution in [1.29, 1.82) is 0 Å². The van der Waals surface area contributed by atoms with E-state index in [0.717, 1.165) is 14.3 Å². The van der Waals surface area contributed by atoms with Crippen LogP contribution in [0.25, 0.3) is 0 Å². The molecule has 20 heavy (non-hydrogen) atoms. The summed E-state index contributed by atoms with van der Waals surface area (Å²) in [6.07, 6.45) is 1.76. The minimum Gasteiger partial charge on any atom is -0.480 e. The van der Waals surface area contributed by atoms with Crippen molar-refractivity contribution in [3.8, 4) is 0 Å². The van der Waals surface area contributed by atoms with Crippen LogP contribution >= 0.6 is 22.6 Å². The van der Waals surface area contributed by atoms with Crippen molar-refractivity contribution >= 4 is 44.5 Å². The van der Waals surface area contributed by atoms with E-state index in [9.17, 15) is 13.2 Å². The highest BCUT2D eigenvalue weighted by molar-refractivity contribution is 14.1. The number of nitrogens with zero attached hydrogens (tertiary/aromatic N) is 1. The molecule has 1 saturated heterocycles. The monoisotopic (exact) mass is 410 g/mol. The van der Waals surface area contributed by atoms with Crippen molar-refractivity contribution in [3.63, 3.8) is 0 Å². The van der Waals surface area contributed by atoms with Gasteiger partial charge >= 0.3 is 16.2 Å². The van der Waals surface area contributed by atoms with E-state index in [1.54, 1.807) is 24.3 Å². The van der Waals surface area contributed by atoms with Gasteiger partial charge in [-0.1, -0.05) is 0 Å². The number of nitrogens with one attached hydrogen (secondary N) is 1. The Morgan fingerprint density at radius 1 is 1.30 bits per heavy atom. The molecule has 0 aromatic heterocycles. The topological polar surface area (TPSA) is 86.7 Å². The van der Waals surface area contributed by atoms with Crippen LogP contribution in [-0.4, -0.2) is 36.4 Å². The van der Waals surface area contributed by atoms with Crippen molar-refractivity contribution in [1.82, 2.24) is 4.31 Å². The maximum absolute atomic E-state index is 12.3. The van der Waals surface area contributed by atoms with Crippen LogP contribution in [0, 0.1) is 3.57 Å². The minimum atomic E-state index is -3.84. The average molecular weight is 410 g/mol. The molecule has 1 aliphatic rings. The lowest BCUT2D eigenvalue weighted by atomic mass is 10.1. The van der Waals surface area contributed by atoms with Crippen molar-refractivity contribution in [3.05, 3.63) is 27.8 Å². The molecule has 1 unspecified atom stereocenters. The maximum Gasteiger partial charge on any atom is 0.322 e. The Labute approximate surface area is 131 Å². The number of halogens is 1. The summed E-state index contributed by atoms with van der Waals surface area (Å²) in [6, 6.07) is 5.88. The summed E-state index contributed by atoms with van der Waals surface area (Å²) in [6.45, 7) is 0.233. The molecule has 1 aromatic rings. The fraction of sp³-hybridized carbons (Fsp3) is 0.417. The lowest BCUT2D eigenvalue weighted by Crippen LogP contribution is -2.49. The van der Waals surface area contributed by atoms with Gasteiger partial charge < -0.3 is 5.11 Å². The standard InChI is InChI=1S/C12H15IN2O4S/c13-9-4-6-10(7-5-9)14-20(18,19)15-8-2-1-3-11(15)12(16)17/h4-7,11,14H,1-3,8H2,(H,16,17). The summed E-state index contributed by atoms with van der Waals surface area (Å²) >= 11 is 2.12. The lowest BCUT2D eigenvalue weighted by Gasteiger charge is -2.31.